The number of hydrogen-bond donors (Lipinski definition) is 2. The van der Waals surface area contributed by atoms with Gasteiger partial charge in [-0.15, -0.1) is 0 Å². The summed E-state index contributed by atoms with van der Waals surface area (Å²) in [6.45, 7) is 1.49. The van der Waals surface area contributed by atoms with Crippen LogP contribution < -0.4 is 5.32 Å². The molecule has 0 atom stereocenters. The van der Waals surface area contributed by atoms with Crippen LogP contribution in [0.25, 0.3) is 0 Å². The first-order valence-corrected chi connectivity index (χ1v) is 6.62. The van der Waals surface area contributed by atoms with E-state index in [9.17, 15) is 4.79 Å². The highest BCUT2D eigenvalue weighted by Gasteiger charge is 2.06. The van der Waals surface area contributed by atoms with Crippen LogP contribution in [-0.4, -0.2) is 27.2 Å². The number of aromatic nitrogens is 2. The Morgan fingerprint density at radius 2 is 2.10 bits per heavy atom. The smallest absolute Gasteiger partial charge is 0.307 e. The van der Waals surface area contributed by atoms with Gasteiger partial charge in [-0.2, -0.15) is 0 Å². The van der Waals surface area contributed by atoms with E-state index in [1.807, 2.05) is 42.1 Å². The number of carbonyl (C=O) groups is 1. The van der Waals surface area contributed by atoms with E-state index in [0.717, 1.165) is 29.9 Å². The molecule has 0 bridgehead atoms. The molecule has 0 aliphatic heterocycles. The number of benzene rings is 1. The molecule has 2 N–H and O–H groups in total. The van der Waals surface area contributed by atoms with Gasteiger partial charge in [0.15, 0.2) is 0 Å². The fraction of sp³-hybridized carbons (Fsp3) is 0.333. The summed E-state index contributed by atoms with van der Waals surface area (Å²) in [5.41, 5.74) is 1.90. The SMILES string of the molecule is Cn1ccnc1CCNCc1ccccc1CC(=O)O. The van der Waals surface area contributed by atoms with E-state index in [2.05, 4.69) is 10.3 Å². The monoisotopic (exact) mass is 273 g/mol. The van der Waals surface area contributed by atoms with Crippen molar-refractivity contribution in [2.45, 2.75) is 19.4 Å². The minimum Gasteiger partial charge on any atom is -0.481 e. The maximum absolute atomic E-state index is 10.8. The Morgan fingerprint density at radius 3 is 2.75 bits per heavy atom. The van der Waals surface area contributed by atoms with Crippen LogP contribution in [0.1, 0.15) is 17.0 Å². The van der Waals surface area contributed by atoms with Crippen LogP contribution in [0.3, 0.4) is 0 Å². The van der Waals surface area contributed by atoms with Gasteiger partial charge in [0.05, 0.1) is 6.42 Å². The number of nitrogens with zero attached hydrogens (tertiary/aromatic N) is 2. The third-order valence-electron chi connectivity index (χ3n) is 3.22. The highest BCUT2D eigenvalue weighted by molar-refractivity contribution is 5.70. The molecule has 5 nitrogen and oxygen atoms in total. The van der Waals surface area contributed by atoms with Crippen LogP contribution in [0.5, 0.6) is 0 Å². The summed E-state index contributed by atoms with van der Waals surface area (Å²) in [5, 5.41) is 12.2. The zero-order chi connectivity index (χ0) is 14.4. The summed E-state index contributed by atoms with van der Waals surface area (Å²) in [6.07, 6.45) is 4.64. The minimum atomic E-state index is -0.800. The Balaban J connectivity index is 1.85. The second kappa shape index (κ2) is 6.86. The van der Waals surface area contributed by atoms with E-state index in [4.69, 9.17) is 5.11 Å². The molecule has 0 spiro atoms. The van der Waals surface area contributed by atoms with Crippen molar-refractivity contribution >= 4 is 5.97 Å². The fourth-order valence-electron chi connectivity index (χ4n) is 2.13. The predicted molar refractivity (Wildman–Crippen MR) is 76.4 cm³/mol. The zero-order valence-corrected chi connectivity index (χ0v) is 11.5. The molecule has 1 aromatic heterocycles. The molecule has 5 heteroatoms. The van der Waals surface area contributed by atoms with Gasteiger partial charge in [-0.3, -0.25) is 4.79 Å². The van der Waals surface area contributed by atoms with E-state index in [-0.39, 0.29) is 6.42 Å². The van der Waals surface area contributed by atoms with E-state index in [1.165, 1.54) is 0 Å². The maximum Gasteiger partial charge on any atom is 0.307 e. The zero-order valence-electron chi connectivity index (χ0n) is 11.5. The van der Waals surface area contributed by atoms with Gasteiger partial charge in [0.1, 0.15) is 5.82 Å². The van der Waals surface area contributed by atoms with Gasteiger partial charge >= 0.3 is 5.97 Å². The van der Waals surface area contributed by atoms with Crippen LogP contribution in [-0.2, 0) is 31.2 Å². The van der Waals surface area contributed by atoms with Gasteiger partial charge < -0.3 is 15.0 Å². The largest absolute Gasteiger partial charge is 0.481 e. The van der Waals surface area contributed by atoms with Crippen molar-refractivity contribution in [2.75, 3.05) is 6.54 Å². The molecular weight excluding hydrogens is 254 g/mol. The average molecular weight is 273 g/mol. The van der Waals surface area contributed by atoms with Crippen molar-refractivity contribution in [2.24, 2.45) is 7.05 Å². The molecule has 0 aliphatic carbocycles. The number of hydrogen-bond acceptors (Lipinski definition) is 3. The molecule has 106 valence electrons. The summed E-state index contributed by atoms with van der Waals surface area (Å²) >= 11 is 0. The first-order chi connectivity index (χ1) is 9.66. The molecule has 2 rings (SSSR count). The topological polar surface area (TPSA) is 67.2 Å². The number of rotatable bonds is 7. The van der Waals surface area contributed by atoms with Gasteiger partial charge in [0, 0.05) is 39.0 Å². The van der Waals surface area contributed by atoms with Gasteiger partial charge in [0.25, 0.3) is 0 Å². The minimum absolute atomic E-state index is 0.0667. The normalized spacial score (nSPS) is 10.7. The standard InChI is InChI=1S/C15H19N3O2/c1-18-9-8-17-14(18)6-7-16-11-13-5-3-2-4-12(13)10-15(19)20/h2-5,8-9,16H,6-7,10-11H2,1H3,(H,19,20). The number of aryl methyl sites for hydroxylation is 1. The summed E-state index contributed by atoms with van der Waals surface area (Å²) in [6, 6.07) is 7.63. The molecular formula is C15H19N3O2. The second-order valence-corrected chi connectivity index (χ2v) is 4.72. The maximum atomic E-state index is 10.8. The Labute approximate surface area is 118 Å². The van der Waals surface area contributed by atoms with Gasteiger partial charge in [-0.05, 0) is 11.1 Å². The molecule has 0 radical (unpaired) electrons. The van der Waals surface area contributed by atoms with Crippen LogP contribution >= 0.6 is 0 Å². The number of nitrogens with one attached hydrogen (secondary N) is 1. The van der Waals surface area contributed by atoms with E-state index >= 15 is 0 Å². The Morgan fingerprint density at radius 1 is 1.35 bits per heavy atom. The Hall–Kier alpha value is -2.14. The van der Waals surface area contributed by atoms with Gasteiger partial charge in [-0.1, -0.05) is 24.3 Å². The Kier molecular flexibility index (Phi) is 4.90. The van der Waals surface area contributed by atoms with E-state index in [0.29, 0.717) is 6.54 Å². The highest BCUT2D eigenvalue weighted by Crippen LogP contribution is 2.09. The predicted octanol–water partition coefficient (Wildman–Crippen LogP) is 1.38. The molecule has 0 fully saturated rings. The summed E-state index contributed by atoms with van der Waals surface area (Å²) < 4.78 is 2.00. The van der Waals surface area contributed by atoms with Crippen molar-refractivity contribution in [3.63, 3.8) is 0 Å². The Bertz CT molecular complexity index is 578. The molecule has 2 aromatic rings. The van der Waals surface area contributed by atoms with Crippen molar-refractivity contribution < 1.29 is 9.90 Å². The number of carboxylic acid groups (broad SMARTS) is 1. The molecule has 0 saturated carbocycles. The molecule has 0 amide bonds. The summed E-state index contributed by atoms with van der Waals surface area (Å²) in [5.74, 6) is 0.238. The van der Waals surface area contributed by atoms with Crippen LogP contribution in [0, 0.1) is 0 Å². The van der Waals surface area contributed by atoms with Crippen molar-refractivity contribution in [1.82, 2.24) is 14.9 Å². The van der Waals surface area contributed by atoms with Crippen molar-refractivity contribution in [1.29, 1.82) is 0 Å². The molecule has 0 aliphatic rings. The molecule has 1 aromatic carbocycles. The number of imidazole rings is 1. The molecule has 0 saturated heterocycles. The molecule has 0 unspecified atom stereocenters. The van der Waals surface area contributed by atoms with Crippen LogP contribution in [0.15, 0.2) is 36.7 Å². The van der Waals surface area contributed by atoms with Crippen molar-refractivity contribution in [3.8, 4) is 0 Å². The van der Waals surface area contributed by atoms with E-state index in [1.54, 1.807) is 6.20 Å². The first kappa shape index (κ1) is 14.3. The van der Waals surface area contributed by atoms with Crippen molar-refractivity contribution in [3.05, 3.63) is 53.6 Å². The fourth-order valence-corrected chi connectivity index (χ4v) is 2.13. The molecule has 20 heavy (non-hydrogen) atoms. The second-order valence-electron chi connectivity index (χ2n) is 4.72. The lowest BCUT2D eigenvalue weighted by Crippen LogP contribution is -2.19. The lowest BCUT2D eigenvalue weighted by Gasteiger charge is -2.09. The average Bonchev–Trinajstić information content (AvgIpc) is 2.81. The quantitative estimate of drug-likeness (QED) is 0.748. The summed E-state index contributed by atoms with van der Waals surface area (Å²) in [4.78, 5) is 15.1. The summed E-state index contributed by atoms with van der Waals surface area (Å²) in [7, 11) is 1.98. The highest BCUT2D eigenvalue weighted by atomic mass is 16.4. The van der Waals surface area contributed by atoms with Gasteiger partial charge in [0.2, 0.25) is 0 Å². The van der Waals surface area contributed by atoms with Crippen LogP contribution in [0.4, 0.5) is 0 Å². The lowest BCUT2D eigenvalue weighted by molar-refractivity contribution is -0.136. The third kappa shape index (κ3) is 3.93. The van der Waals surface area contributed by atoms with E-state index < -0.39 is 5.97 Å². The number of aliphatic carboxylic acids is 1. The lowest BCUT2D eigenvalue weighted by atomic mass is 10.0. The molecule has 1 heterocycles. The van der Waals surface area contributed by atoms with Crippen LogP contribution in [0.2, 0.25) is 0 Å². The number of carboxylic acids is 1. The first-order valence-electron chi connectivity index (χ1n) is 6.62. The third-order valence-corrected chi connectivity index (χ3v) is 3.22. The van der Waals surface area contributed by atoms with Gasteiger partial charge in [-0.25, -0.2) is 4.98 Å².